The van der Waals surface area contributed by atoms with Crippen molar-refractivity contribution < 1.29 is 132 Å². The summed E-state index contributed by atoms with van der Waals surface area (Å²) in [6, 6.07) is 19.1. The third-order valence-corrected chi connectivity index (χ3v) is 21.2. The third kappa shape index (κ3) is 31.4. The Bertz CT molecular complexity index is 3850. The zero-order valence-electron chi connectivity index (χ0n) is 68.7. The lowest BCUT2D eigenvalue weighted by Gasteiger charge is -2.50. The van der Waals surface area contributed by atoms with Gasteiger partial charge in [0.1, 0.15) is 35.2 Å². The fourth-order valence-electron chi connectivity index (χ4n) is 14.8. The Balaban J connectivity index is 0.818. The molecule has 2 amide bonds. The van der Waals surface area contributed by atoms with E-state index < -0.39 is 34.0 Å². The lowest BCUT2D eigenvalue weighted by atomic mass is 9.55. The Morgan fingerprint density at radius 3 is 1.53 bits per heavy atom. The van der Waals surface area contributed by atoms with Crippen LogP contribution in [-0.4, -0.2) is 290 Å². The van der Waals surface area contributed by atoms with Gasteiger partial charge in [0.05, 0.1) is 206 Å². The highest BCUT2D eigenvalue weighted by Gasteiger charge is 2.55. The van der Waals surface area contributed by atoms with Crippen LogP contribution in [0.3, 0.4) is 0 Å². The molecule has 648 valence electrons. The molecule has 4 aromatic carbocycles. The van der Waals surface area contributed by atoms with Crippen LogP contribution in [0.25, 0.3) is 21.8 Å². The normalized spacial score (nSPS) is 17.6. The monoisotopic (exact) mass is 1650 g/mol. The number of nitrogens with zero attached hydrogens (tertiary/aromatic N) is 2. The molecule has 2 saturated carbocycles. The largest absolute Gasteiger partial charge is 0.508 e. The molecule has 5 atom stereocenters. The minimum absolute atomic E-state index is 0.000103. The Morgan fingerprint density at radius 1 is 0.578 bits per heavy atom. The van der Waals surface area contributed by atoms with Crippen LogP contribution >= 0.6 is 0 Å². The van der Waals surface area contributed by atoms with Crippen molar-refractivity contribution in [3.63, 3.8) is 0 Å². The van der Waals surface area contributed by atoms with E-state index in [0.29, 0.717) is 205 Å². The van der Waals surface area contributed by atoms with Crippen LogP contribution in [0.2, 0.25) is 0 Å². The number of phenols is 1. The number of carbonyl (C=O) groups excluding carboxylic acids is 3. The van der Waals surface area contributed by atoms with E-state index in [0.717, 1.165) is 49.7 Å². The lowest BCUT2D eigenvalue weighted by Crippen LogP contribution is -2.45. The third-order valence-electron chi connectivity index (χ3n) is 20.4. The highest BCUT2D eigenvalue weighted by molar-refractivity contribution is 7.85. The van der Waals surface area contributed by atoms with Gasteiger partial charge in [0, 0.05) is 70.2 Å². The van der Waals surface area contributed by atoms with E-state index in [9.17, 15) is 32.8 Å². The highest BCUT2D eigenvalue weighted by Crippen LogP contribution is 2.61. The molecule has 3 aliphatic carbocycles. The molecule has 8 rings (SSSR count). The number of hydrogen-bond donors (Lipinski definition) is 5. The summed E-state index contributed by atoms with van der Waals surface area (Å²) in [5.41, 5.74) is 5.01. The van der Waals surface area contributed by atoms with Gasteiger partial charge in [-0.2, -0.15) is 13.0 Å². The van der Waals surface area contributed by atoms with E-state index in [1.807, 2.05) is 24.5 Å². The molecule has 1 heterocycles. The van der Waals surface area contributed by atoms with Crippen LogP contribution in [0, 0.1) is 31.1 Å². The van der Waals surface area contributed by atoms with Crippen LogP contribution in [0.1, 0.15) is 121 Å². The number of phenolic OH excluding ortho intramolecular Hbond substituents is 1. The summed E-state index contributed by atoms with van der Waals surface area (Å²) in [6.45, 7) is 19.0. The first-order valence-electron chi connectivity index (χ1n) is 40.6. The first kappa shape index (κ1) is 94.6. The Kier molecular flexibility index (Phi) is 42.6. The van der Waals surface area contributed by atoms with Gasteiger partial charge in [0.15, 0.2) is 13.2 Å². The number of ether oxygens (including phenoxy) is 18. The molecule has 116 heavy (non-hydrogen) atoms. The van der Waals surface area contributed by atoms with E-state index in [2.05, 4.69) is 22.7 Å². The number of aliphatic hydroxyl groups is 1. The first-order chi connectivity index (χ1) is 56.4. The fourth-order valence-corrected chi connectivity index (χ4v) is 15.3. The summed E-state index contributed by atoms with van der Waals surface area (Å²) in [5, 5.41) is 32.1. The number of oxime groups is 1. The van der Waals surface area contributed by atoms with Crippen LogP contribution < -0.4 is 29.4 Å². The van der Waals surface area contributed by atoms with Crippen LogP contribution in [0.4, 0.5) is 0 Å². The number of rotatable bonds is 62. The maximum atomic E-state index is 15.5. The molecule has 0 aliphatic heterocycles. The second kappa shape index (κ2) is 52.2. The summed E-state index contributed by atoms with van der Waals surface area (Å²) in [4.78, 5) is 47.4. The second-order valence-electron chi connectivity index (χ2n) is 29.0. The molecule has 2 fully saturated rings. The molecule has 5 unspecified atom stereocenters. The first-order valence-corrected chi connectivity index (χ1v) is 42.3. The number of aliphatic hydroxyl groups excluding tert-OH is 1. The molecular weight excluding hydrogens is 1530 g/mol. The van der Waals surface area contributed by atoms with Gasteiger partial charge in [0.25, 0.3) is 21.9 Å². The minimum atomic E-state index is -4.37. The number of pyridine rings is 1. The van der Waals surface area contributed by atoms with Crippen LogP contribution in [0.15, 0.2) is 71.9 Å². The number of aryl methyl sites for hydroxylation is 3. The predicted octanol–water partition coefficient (Wildman–Crippen LogP) is 7.86. The molecule has 5 aromatic rings. The molecule has 5 N–H and O–H groups in total. The maximum absolute atomic E-state index is 15.5. The number of benzene rings is 4. The number of hydrogen-bond acceptors (Lipinski definition) is 27. The van der Waals surface area contributed by atoms with Gasteiger partial charge in [0.2, 0.25) is 11.0 Å². The number of aromatic hydroxyl groups is 1. The number of amides is 2. The number of aromatic nitrogens is 1. The molecule has 0 bridgehead atoms. The zero-order chi connectivity index (χ0) is 82.8. The Hall–Kier alpha value is -6.90. The van der Waals surface area contributed by atoms with Gasteiger partial charge >= 0.3 is 5.97 Å². The molecule has 1 aromatic heterocycles. The van der Waals surface area contributed by atoms with Gasteiger partial charge in [-0.15, -0.1) is 0 Å². The summed E-state index contributed by atoms with van der Waals surface area (Å²) in [6.07, 6.45) is 4.48. The lowest BCUT2D eigenvalue weighted by molar-refractivity contribution is -0.645. The van der Waals surface area contributed by atoms with Crippen LogP contribution in [0.5, 0.6) is 23.0 Å². The van der Waals surface area contributed by atoms with Crippen LogP contribution in [-0.2, 0) is 97.3 Å². The molecule has 0 spiro atoms. The van der Waals surface area contributed by atoms with Gasteiger partial charge in [-0.1, -0.05) is 32.0 Å². The SMILES string of the molecule is CCCOCCOCC(COCCOCCC)Oc1ccc2c(c1)c(C(=O)Oc1c(C)cc(C(=O)NCCOCCOCCOCCOCCOCCNC(=O)CON=C3CC4C(CCC5(C)C(O)CCC45)c4ccc(O)cc43)cc1C)c1cc(OC(COCCOCCOC)COCCOCCOC)ccc1[n+]2CCCS(=O)(=O)O. The van der Waals surface area contributed by atoms with Gasteiger partial charge in [-0.25, -0.2) is 4.79 Å². The van der Waals surface area contributed by atoms with Gasteiger partial charge in [-0.05, 0) is 147 Å². The summed E-state index contributed by atoms with van der Waals surface area (Å²) in [5.74, 6) is 0.0138. The molecule has 0 radical (unpaired) electrons. The second-order valence-corrected chi connectivity index (χ2v) is 30.6. The summed E-state index contributed by atoms with van der Waals surface area (Å²) >= 11 is 0. The van der Waals surface area contributed by atoms with Crippen molar-refractivity contribution in [3.05, 3.63) is 100 Å². The number of nitrogens with one attached hydrogen (secondary N) is 2. The molecule has 3 aliphatic rings. The Labute approximate surface area is 682 Å². The summed E-state index contributed by atoms with van der Waals surface area (Å²) < 4.78 is 141. The number of fused-ring (bicyclic) bond motifs is 7. The average molecular weight is 1650 g/mol. The van der Waals surface area contributed by atoms with E-state index in [4.69, 9.17) is 90.1 Å². The quantitative estimate of drug-likeness (QED) is 0.00470. The van der Waals surface area contributed by atoms with Crippen molar-refractivity contribution in [1.29, 1.82) is 0 Å². The van der Waals surface area contributed by atoms with Crippen molar-refractivity contribution in [2.75, 3.05) is 225 Å². The van der Waals surface area contributed by atoms with E-state index in [1.54, 1.807) is 88.7 Å². The van der Waals surface area contributed by atoms with Crippen molar-refractivity contribution in [1.82, 2.24) is 10.6 Å². The predicted molar refractivity (Wildman–Crippen MR) is 430 cm³/mol. The van der Waals surface area contributed by atoms with E-state index >= 15 is 4.79 Å². The molecule has 32 heteroatoms. The standard InChI is InChI=1S/C84H124N4O27S/c1-8-24-99-40-44-108-55-66(56-109-45-41-100-25-9-2)113-64-12-16-76-72(52-64)80(73-53-65(13-17-77(73)88(76)23-10-48-116(94,95)96)114-67(57-110-46-42-103-30-28-97-6)58-111-47-43-104-31-29-98-7)83(93)115-81-60(3)49-62(50-61(81)4)82(92)86-22-27-102-33-35-106-37-39-107-38-36-105-34-32-101-26-21-85-79(91)59-112-87-75-54-70-69(68-14-11-63(89)51-71(68)75)19-20-84(5)74(70)15-18-78(84)90/h11-14,16-17,49-53,66-67,69-70,74,78,90H,8-10,15,18-48,54-59H2,1-7H3,(H3-,85,86,89,91,92,94,95,96)/p+1. The topological polar surface area (TPSA) is 362 Å². The van der Waals surface area contributed by atoms with Gasteiger partial charge < -0.3 is 111 Å². The van der Waals surface area contributed by atoms with Gasteiger partial charge in [-0.3, -0.25) is 14.1 Å². The number of esters is 1. The zero-order valence-corrected chi connectivity index (χ0v) is 69.6. The van der Waals surface area contributed by atoms with Crippen molar-refractivity contribution in [2.45, 2.75) is 117 Å². The van der Waals surface area contributed by atoms with Crippen molar-refractivity contribution in [3.8, 4) is 23.0 Å². The fraction of sp³-hybridized carbons (Fsp3) is 0.655. The minimum Gasteiger partial charge on any atom is -0.508 e. The number of carbonyl (C=O) groups is 3. The maximum Gasteiger partial charge on any atom is 0.345 e. The molecular formula is C84H125N4O27S+. The molecule has 31 nitrogen and oxygen atoms in total. The smallest absolute Gasteiger partial charge is 0.345 e. The van der Waals surface area contributed by atoms with Crippen molar-refractivity contribution >= 4 is 55.4 Å². The van der Waals surface area contributed by atoms with Crippen molar-refractivity contribution in [2.24, 2.45) is 22.4 Å². The summed E-state index contributed by atoms with van der Waals surface area (Å²) in [7, 11) is -1.19. The highest BCUT2D eigenvalue weighted by atomic mass is 32.2. The number of methoxy groups -OCH3 is 2. The van der Waals surface area contributed by atoms with E-state index in [1.165, 1.54) is 0 Å². The average Bonchev–Trinajstić information content (AvgIpc) is 1.47. The van der Waals surface area contributed by atoms with E-state index in [-0.39, 0.29) is 133 Å². The Morgan fingerprint density at radius 2 is 1.04 bits per heavy atom. The molecule has 0 saturated heterocycles.